The number of methoxy groups -OCH3 is 1. The van der Waals surface area contributed by atoms with Crippen molar-refractivity contribution >= 4 is 12.0 Å². The molecule has 0 spiro atoms. The molecular weight excluding hydrogens is 260 g/mol. The molecule has 2 unspecified atom stereocenters. The van der Waals surface area contributed by atoms with Crippen molar-refractivity contribution in [2.24, 2.45) is 11.8 Å². The Hall–Kier alpha value is -1.30. The van der Waals surface area contributed by atoms with Gasteiger partial charge in [-0.15, -0.1) is 0 Å². The molecule has 1 fully saturated rings. The van der Waals surface area contributed by atoms with Gasteiger partial charge in [-0.25, -0.2) is 4.79 Å². The standard InChI is InChI=1S/C14H26N2O4/c1-10(2)12(9-20-3)15-14(19)16-7-6-11(8-16)4-5-13(17)18/h10-12H,4-9H2,1-3H3,(H,15,19)(H,17,18). The summed E-state index contributed by atoms with van der Waals surface area (Å²) >= 11 is 0. The minimum Gasteiger partial charge on any atom is -0.481 e. The maximum atomic E-state index is 12.2. The van der Waals surface area contributed by atoms with Crippen LogP contribution in [0, 0.1) is 11.8 Å². The van der Waals surface area contributed by atoms with Crippen molar-refractivity contribution in [3.05, 3.63) is 0 Å². The van der Waals surface area contributed by atoms with E-state index < -0.39 is 5.97 Å². The summed E-state index contributed by atoms with van der Waals surface area (Å²) in [5.41, 5.74) is 0. The lowest BCUT2D eigenvalue weighted by atomic mass is 10.0. The highest BCUT2D eigenvalue weighted by atomic mass is 16.5. The van der Waals surface area contributed by atoms with E-state index in [0.717, 1.165) is 6.42 Å². The second-order valence-corrected chi connectivity index (χ2v) is 5.79. The Kier molecular flexibility index (Phi) is 6.78. The number of nitrogens with one attached hydrogen (secondary N) is 1. The van der Waals surface area contributed by atoms with E-state index >= 15 is 0 Å². The number of aliphatic carboxylic acids is 1. The molecule has 2 amide bonds. The normalized spacial score (nSPS) is 20.2. The molecule has 1 aliphatic heterocycles. The molecular formula is C14H26N2O4. The molecule has 1 saturated heterocycles. The van der Waals surface area contributed by atoms with Crippen LogP contribution in [-0.2, 0) is 9.53 Å². The van der Waals surface area contributed by atoms with Gasteiger partial charge >= 0.3 is 12.0 Å². The van der Waals surface area contributed by atoms with Gasteiger partial charge in [0.2, 0.25) is 0 Å². The van der Waals surface area contributed by atoms with E-state index in [0.29, 0.717) is 38.0 Å². The molecule has 0 saturated carbocycles. The summed E-state index contributed by atoms with van der Waals surface area (Å²) in [5.74, 6) is -0.158. The third-order valence-electron chi connectivity index (χ3n) is 3.80. The molecule has 6 nitrogen and oxygen atoms in total. The van der Waals surface area contributed by atoms with Crippen LogP contribution >= 0.6 is 0 Å². The van der Waals surface area contributed by atoms with Gasteiger partial charge in [0.05, 0.1) is 12.6 Å². The van der Waals surface area contributed by atoms with Gasteiger partial charge in [0.25, 0.3) is 0 Å². The van der Waals surface area contributed by atoms with Crippen LogP contribution in [0.3, 0.4) is 0 Å². The molecule has 0 aliphatic carbocycles. The van der Waals surface area contributed by atoms with Crippen LogP contribution in [-0.4, -0.2) is 54.9 Å². The largest absolute Gasteiger partial charge is 0.481 e. The smallest absolute Gasteiger partial charge is 0.317 e. The first-order valence-electron chi connectivity index (χ1n) is 7.20. The van der Waals surface area contributed by atoms with Crippen molar-refractivity contribution in [2.75, 3.05) is 26.8 Å². The quantitative estimate of drug-likeness (QED) is 0.744. The fourth-order valence-corrected chi connectivity index (χ4v) is 2.41. The van der Waals surface area contributed by atoms with E-state index in [4.69, 9.17) is 9.84 Å². The van der Waals surface area contributed by atoms with Crippen LogP contribution in [0.2, 0.25) is 0 Å². The predicted octanol–water partition coefficient (Wildman–Crippen LogP) is 1.55. The second kappa shape index (κ2) is 8.09. The summed E-state index contributed by atoms with van der Waals surface area (Å²) in [6.45, 7) is 5.94. The number of nitrogens with zero attached hydrogens (tertiary/aromatic N) is 1. The first-order chi connectivity index (χ1) is 9.43. The summed E-state index contributed by atoms with van der Waals surface area (Å²) in [5, 5.41) is 11.7. The summed E-state index contributed by atoms with van der Waals surface area (Å²) < 4.78 is 5.12. The Morgan fingerprint density at radius 2 is 2.15 bits per heavy atom. The number of amides is 2. The summed E-state index contributed by atoms with van der Waals surface area (Å²) in [7, 11) is 1.62. The van der Waals surface area contributed by atoms with Gasteiger partial charge in [0.1, 0.15) is 0 Å². The number of hydrogen-bond acceptors (Lipinski definition) is 3. The number of rotatable bonds is 7. The van der Waals surface area contributed by atoms with Gasteiger partial charge in [-0.1, -0.05) is 13.8 Å². The molecule has 0 radical (unpaired) electrons. The van der Waals surface area contributed by atoms with Crippen molar-refractivity contribution < 1.29 is 19.4 Å². The number of carbonyl (C=O) groups is 2. The summed E-state index contributed by atoms with van der Waals surface area (Å²) in [6, 6.07) is -0.0656. The lowest BCUT2D eigenvalue weighted by Gasteiger charge is -2.25. The molecule has 2 N–H and O–H groups in total. The number of hydrogen-bond donors (Lipinski definition) is 2. The van der Waals surface area contributed by atoms with Crippen LogP contribution in [0.15, 0.2) is 0 Å². The molecule has 1 aliphatic rings. The first kappa shape index (κ1) is 16.8. The molecule has 116 valence electrons. The van der Waals surface area contributed by atoms with Crippen molar-refractivity contribution in [3.8, 4) is 0 Å². The highest BCUT2D eigenvalue weighted by molar-refractivity contribution is 5.75. The van der Waals surface area contributed by atoms with E-state index in [1.165, 1.54) is 0 Å². The third kappa shape index (κ3) is 5.36. The molecule has 0 aromatic carbocycles. The van der Waals surface area contributed by atoms with Gasteiger partial charge in [-0.2, -0.15) is 0 Å². The fraction of sp³-hybridized carbons (Fsp3) is 0.857. The van der Waals surface area contributed by atoms with Gasteiger partial charge in [-0.05, 0) is 24.7 Å². The van der Waals surface area contributed by atoms with E-state index in [9.17, 15) is 9.59 Å². The number of carbonyl (C=O) groups excluding carboxylic acids is 1. The Balaban J connectivity index is 2.39. The van der Waals surface area contributed by atoms with E-state index in [1.807, 2.05) is 13.8 Å². The van der Waals surface area contributed by atoms with Crippen molar-refractivity contribution in [3.63, 3.8) is 0 Å². The van der Waals surface area contributed by atoms with Crippen molar-refractivity contribution in [1.82, 2.24) is 10.2 Å². The molecule has 1 heterocycles. The maximum Gasteiger partial charge on any atom is 0.317 e. The minimum absolute atomic E-state index is 0.00516. The minimum atomic E-state index is -0.770. The van der Waals surface area contributed by atoms with Gasteiger partial charge in [0, 0.05) is 26.6 Å². The number of ether oxygens (including phenoxy) is 1. The zero-order valence-electron chi connectivity index (χ0n) is 12.6. The van der Waals surface area contributed by atoms with E-state index in [1.54, 1.807) is 12.0 Å². The lowest BCUT2D eigenvalue weighted by Crippen LogP contribution is -2.47. The van der Waals surface area contributed by atoms with E-state index in [-0.39, 0.29) is 18.5 Å². The predicted molar refractivity (Wildman–Crippen MR) is 75.6 cm³/mol. The molecule has 20 heavy (non-hydrogen) atoms. The second-order valence-electron chi connectivity index (χ2n) is 5.79. The van der Waals surface area contributed by atoms with Gasteiger partial charge in [-0.3, -0.25) is 4.79 Å². The van der Waals surface area contributed by atoms with Crippen molar-refractivity contribution in [1.29, 1.82) is 0 Å². The van der Waals surface area contributed by atoms with Crippen LogP contribution in [0.25, 0.3) is 0 Å². The summed E-state index contributed by atoms with van der Waals surface area (Å²) in [4.78, 5) is 24.5. The molecule has 1 rings (SSSR count). The van der Waals surface area contributed by atoms with Crippen LogP contribution in [0.5, 0.6) is 0 Å². The Morgan fingerprint density at radius 3 is 2.70 bits per heavy atom. The Bertz CT molecular complexity index is 333. The van der Waals surface area contributed by atoms with Gasteiger partial charge in [0.15, 0.2) is 0 Å². The van der Waals surface area contributed by atoms with Crippen LogP contribution < -0.4 is 5.32 Å². The number of urea groups is 1. The molecule has 0 aromatic rings. The highest BCUT2D eigenvalue weighted by Gasteiger charge is 2.28. The number of likely N-dealkylation sites (tertiary alicyclic amines) is 1. The SMILES string of the molecule is COCC(NC(=O)N1CCC(CCC(=O)O)C1)C(C)C. The average molecular weight is 286 g/mol. The maximum absolute atomic E-state index is 12.2. The zero-order valence-corrected chi connectivity index (χ0v) is 12.6. The Morgan fingerprint density at radius 1 is 1.45 bits per heavy atom. The summed E-state index contributed by atoms with van der Waals surface area (Å²) in [6.07, 6.45) is 1.71. The molecule has 0 aromatic heterocycles. The molecule has 6 heteroatoms. The van der Waals surface area contributed by atoms with Crippen molar-refractivity contribution in [2.45, 2.75) is 39.2 Å². The van der Waals surface area contributed by atoms with Crippen LogP contribution in [0.4, 0.5) is 4.79 Å². The monoisotopic (exact) mass is 286 g/mol. The molecule has 0 bridgehead atoms. The topological polar surface area (TPSA) is 78.9 Å². The van der Waals surface area contributed by atoms with Gasteiger partial charge < -0.3 is 20.1 Å². The average Bonchev–Trinajstić information content (AvgIpc) is 2.84. The third-order valence-corrected chi connectivity index (χ3v) is 3.80. The Labute approximate surface area is 120 Å². The number of carboxylic acid groups (broad SMARTS) is 1. The first-order valence-corrected chi connectivity index (χ1v) is 7.20. The fourth-order valence-electron chi connectivity index (χ4n) is 2.41. The molecule has 2 atom stereocenters. The lowest BCUT2D eigenvalue weighted by molar-refractivity contribution is -0.137. The number of carboxylic acids is 1. The van der Waals surface area contributed by atoms with Crippen LogP contribution in [0.1, 0.15) is 33.1 Å². The van der Waals surface area contributed by atoms with E-state index in [2.05, 4.69) is 5.32 Å². The highest BCUT2D eigenvalue weighted by Crippen LogP contribution is 2.21. The zero-order chi connectivity index (χ0) is 15.1.